The third-order valence-corrected chi connectivity index (χ3v) is 3.49. The van der Waals surface area contributed by atoms with Crippen LogP contribution in [0.5, 0.6) is 0 Å². The van der Waals surface area contributed by atoms with Crippen LogP contribution in [-0.2, 0) is 6.54 Å². The zero-order valence-electron chi connectivity index (χ0n) is 9.16. The van der Waals surface area contributed by atoms with E-state index < -0.39 is 0 Å². The first-order valence-corrected chi connectivity index (χ1v) is 5.82. The first kappa shape index (κ1) is 11.6. The number of aryl methyl sites for hydroxylation is 1. The lowest BCUT2D eigenvalue weighted by Gasteiger charge is -2.23. The summed E-state index contributed by atoms with van der Waals surface area (Å²) in [4.78, 5) is 7.93. The van der Waals surface area contributed by atoms with Crippen LogP contribution in [0.4, 0.5) is 0 Å². The number of hydrogen-bond acceptors (Lipinski definition) is 4. The molecule has 1 aromatic heterocycles. The van der Waals surface area contributed by atoms with Crippen LogP contribution < -0.4 is 5.73 Å². The van der Waals surface area contributed by atoms with E-state index in [4.69, 9.17) is 5.73 Å². The van der Waals surface area contributed by atoms with Gasteiger partial charge in [-0.25, -0.2) is 4.98 Å². The third kappa shape index (κ3) is 3.04. The average molecular weight is 213 g/mol. The minimum atomic E-state index is 0.543. The molecule has 0 radical (unpaired) electrons. The van der Waals surface area contributed by atoms with E-state index in [9.17, 15) is 0 Å². The van der Waals surface area contributed by atoms with Crippen molar-refractivity contribution >= 4 is 11.3 Å². The van der Waals surface area contributed by atoms with Crippen LogP contribution in [-0.4, -0.2) is 29.5 Å². The summed E-state index contributed by atoms with van der Waals surface area (Å²) in [6.07, 6.45) is 1.05. The molecule has 0 saturated carbocycles. The summed E-state index contributed by atoms with van der Waals surface area (Å²) < 4.78 is 0. The Hall–Kier alpha value is -0.450. The highest BCUT2D eigenvalue weighted by molar-refractivity contribution is 7.09. The molecular formula is C10H19N3S. The molecule has 1 rings (SSSR count). The van der Waals surface area contributed by atoms with E-state index >= 15 is 0 Å². The maximum atomic E-state index is 5.53. The van der Waals surface area contributed by atoms with Crippen LogP contribution in [0.1, 0.15) is 23.9 Å². The van der Waals surface area contributed by atoms with E-state index in [1.807, 2.05) is 5.51 Å². The van der Waals surface area contributed by atoms with Crippen molar-refractivity contribution in [2.24, 2.45) is 5.73 Å². The van der Waals surface area contributed by atoms with Crippen LogP contribution in [0.3, 0.4) is 0 Å². The van der Waals surface area contributed by atoms with Gasteiger partial charge in [-0.2, -0.15) is 0 Å². The predicted octanol–water partition coefficient (Wildman–Crippen LogP) is 1.62. The predicted molar refractivity (Wildman–Crippen MR) is 61.5 cm³/mol. The number of aromatic nitrogens is 1. The molecule has 80 valence electrons. The lowest BCUT2D eigenvalue weighted by atomic mass is 10.2. The minimum absolute atomic E-state index is 0.543. The topological polar surface area (TPSA) is 42.2 Å². The van der Waals surface area contributed by atoms with Crippen LogP contribution in [0, 0.1) is 6.92 Å². The molecule has 0 saturated heterocycles. The molecule has 0 aliphatic heterocycles. The van der Waals surface area contributed by atoms with Crippen molar-refractivity contribution in [3.63, 3.8) is 0 Å². The zero-order chi connectivity index (χ0) is 10.6. The molecule has 3 nitrogen and oxygen atoms in total. The molecule has 0 spiro atoms. The van der Waals surface area contributed by atoms with Crippen LogP contribution in [0.25, 0.3) is 0 Å². The number of nitrogens with two attached hydrogens (primary N) is 1. The Balaban J connectivity index is 2.48. The SMILES string of the molecule is Cc1ncsc1CN(C)C(C)CCN. The lowest BCUT2D eigenvalue weighted by Crippen LogP contribution is -2.30. The number of rotatable bonds is 5. The van der Waals surface area contributed by atoms with Crippen LogP contribution in [0.15, 0.2) is 5.51 Å². The second-order valence-electron chi connectivity index (χ2n) is 3.70. The fraction of sp³-hybridized carbons (Fsp3) is 0.700. The normalized spacial score (nSPS) is 13.5. The Morgan fingerprint density at radius 2 is 2.36 bits per heavy atom. The van der Waals surface area contributed by atoms with Gasteiger partial charge in [-0.1, -0.05) is 0 Å². The van der Waals surface area contributed by atoms with E-state index in [1.165, 1.54) is 4.88 Å². The van der Waals surface area contributed by atoms with E-state index in [1.54, 1.807) is 11.3 Å². The Labute approximate surface area is 89.9 Å². The summed E-state index contributed by atoms with van der Waals surface area (Å²) in [6, 6.07) is 0.543. The first-order valence-electron chi connectivity index (χ1n) is 4.94. The molecule has 1 unspecified atom stereocenters. The average Bonchev–Trinajstić information content (AvgIpc) is 2.52. The van der Waals surface area contributed by atoms with Gasteiger partial charge in [-0.15, -0.1) is 11.3 Å². The molecule has 1 atom stereocenters. The molecule has 0 aliphatic carbocycles. The van der Waals surface area contributed by atoms with Gasteiger partial charge in [0.2, 0.25) is 0 Å². The highest BCUT2D eigenvalue weighted by atomic mass is 32.1. The van der Waals surface area contributed by atoms with Crippen molar-refractivity contribution in [2.75, 3.05) is 13.6 Å². The smallest absolute Gasteiger partial charge is 0.0798 e. The molecule has 2 N–H and O–H groups in total. The molecule has 1 heterocycles. The van der Waals surface area contributed by atoms with Crippen molar-refractivity contribution in [3.05, 3.63) is 16.1 Å². The van der Waals surface area contributed by atoms with Crippen molar-refractivity contribution in [2.45, 2.75) is 32.9 Å². The molecule has 0 fully saturated rings. The van der Waals surface area contributed by atoms with E-state index in [2.05, 4.69) is 30.8 Å². The Morgan fingerprint density at radius 1 is 1.64 bits per heavy atom. The Morgan fingerprint density at radius 3 is 2.86 bits per heavy atom. The van der Waals surface area contributed by atoms with Gasteiger partial charge in [0.15, 0.2) is 0 Å². The molecule has 0 bridgehead atoms. The number of nitrogens with zero attached hydrogens (tertiary/aromatic N) is 2. The van der Waals surface area contributed by atoms with Gasteiger partial charge in [0, 0.05) is 17.5 Å². The molecule has 0 amide bonds. The van der Waals surface area contributed by atoms with Gasteiger partial charge in [-0.05, 0) is 33.9 Å². The van der Waals surface area contributed by atoms with Crippen molar-refractivity contribution in [3.8, 4) is 0 Å². The lowest BCUT2D eigenvalue weighted by molar-refractivity contribution is 0.242. The summed E-state index contributed by atoms with van der Waals surface area (Å²) in [5, 5.41) is 0. The number of hydrogen-bond donors (Lipinski definition) is 1. The molecular weight excluding hydrogens is 194 g/mol. The molecule has 14 heavy (non-hydrogen) atoms. The second-order valence-corrected chi connectivity index (χ2v) is 4.64. The zero-order valence-corrected chi connectivity index (χ0v) is 9.97. The summed E-state index contributed by atoms with van der Waals surface area (Å²) in [5.41, 5.74) is 8.60. The standard InChI is InChI=1S/C10H19N3S/c1-8(4-5-11)13(3)6-10-9(2)12-7-14-10/h7-8H,4-6,11H2,1-3H3. The molecule has 0 aliphatic rings. The first-order chi connectivity index (χ1) is 6.65. The van der Waals surface area contributed by atoms with Gasteiger partial charge in [0.05, 0.1) is 11.2 Å². The van der Waals surface area contributed by atoms with E-state index in [0.29, 0.717) is 6.04 Å². The summed E-state index contributed by atoms with van der Waals surface area (Å²) in [7, 11) is 2.14. The van der Waals surface area contributed by atoms with Crippen molar-refractivity contribution in [1.29, 1.82) is 0 Å². The maximum Gasteiger partial charge on any atom is 0.0798 e. The highest BCUT2D eigenvalue weighted by Gasteiger charge is 2.10. The molecule has 1 aromatic rings. The quantitative estimate of drug-likeness (QED) is 0.808. The van der Waals surface area contributed by atoms with E-state index in [-0.39, 0.29) is 0 Å². The van der Waals surface area contributed by atoms with Gasteiger partial charge in [0.1, 0.15) is 0 Å². The highest BCUT2D eigenvalue weighted by Crippen LogP contribution is 2.15. The van der Waals surface area contributed by atoms with Gasteiger partial charge >= 0.3 is 0 Å². The molecule has 4 heteroatoms. The minimum Gasteiger partial charge on any atom is -0.330 e. The fourth-order valence-electron chi connectivity index (χ4n) is 1.32. The summed E-state index contributed by atoms with van der Waals surface area (Å²) in [6.45, 7) is 6.02. The van der Waals surface area contributed by atoms with Crippen molar-refractivity contribution in [1.82, 2.24) is 9.88 Å². The monoisotopic (exact) mass is 213 g/mol. The second kappa shape index (κ2) is 5.44. The third-order valence-electron chi connectivity index (χ3n) is 2.57. The van der Waals surface area contributed by atoms with Crippen molar-refractivity contribution < 1.29 is 0 Å². The number of thiazole rings is 1. The van der Waals surface area contributed by atoms with Crippen LogP contribution in [0.2, 0.25) is 0 Å². The molecule has 0 aromatic carbocycles. The Bertz CT molecular complexity index is 272. The maximum absolute atomic E-state index is 5.53. The van der Waals surface area contributed by atoms with Gasteiger partial charge in [0.25, 0.3) is 0 Å². The summed E-state index contributed by atoms with van der Waals surface area (Å²) in [5.74, 6) is 0. The fourth-order valence-corrected chi connectivity index (χ4v) is 2.16. The largest absolute Gasteiger partial charge is 0.330 e. The Kier molecular flexibility index (Phi) is 4.51. The van der Waals surface area contributed by atoms with Gasteiger partial charge < -0.3 is 5.73 Å². The van der Waals surface area contributed by atoms with Gasteiger partial charge in [-0.3, -0.25) is 4.90 Å². The van der Waals surface area contributed by atoms with E-state index in [0.717, 1.165) is 25.2 Å². The summed E-state index contributed by atoms with van der Waals surface area (Å²) >= 11 is 1.73. The van der Waals surface area contributed by atoms with Crippen LogP contribution >= 0.6 is 11.3 Å².